The van der Waals surface area contributed by atoms with Crippen LogP contribution in [0.4, 0.5) is 5.95 Å². The topological polar surface area (TPSA) is 52.6 Å². The van der Waals surface area contributed by atoms with E-state index in [-0.39, 0.29) is 5.91 Å². The largest absolute Gasteiger partial charge is 0.342 e. The second-order valence-corrected chi connectivity index (χ2v) is 9.87. The summed E-state index contributed by atoms with van der Waals surface area (Å²) >= 11 is 12.1. The van der Waals surface area contributed by atoms with Crippen LogP contribution >= 0.6 is 23.2 Å². The highest BCUT2D eigenvalue weighted by Gasteiger charge is 2.29. The van der Waals surface area contributed by atoms with Crippen molar-refractivity contribution < 1.29 is 4.79 Å². The van der Waals surface area contributed by atoms with Gasteiger partial charge in [-0.2, -0.15) is 0 Å². The lowest BCUT2D eigenvalue weighted by Gasteiger charge is -2.43. The number of anilines is 1. The summed E-state index contributed by atoms with van der Waals surface area (Å²) in [5.74, 6) is 0.948. The molecule has 5 rings (SSSR count). The third-order valence-electron chi connectivity index (χ3n) is 7.09. The molecule has 0 radical (unpaired) electrons. The van der Waals surface area contributed by atoms with Crippen molar-refractivity contribution in [1.29, 1.82) is 0 Å². The van der Waals surface area contributed by atoms with Gasteiger partial charge < -0.3 is 9.80 Å². The lowest BCUT2D eigenvalue weighted by Crippen LogP contribution is -2.52. The maximum absolute atomic E-state index is 12.9. The molecule has 32 heavy (non-hydrogen) atoms. The van der Waals surface area contributed by atoms with Crippen molar-refractivity contribution in [3.63, 3.8) is 0 Å². The molecular formula is C24H29Cl2N5O. The van der Waals surface area contributed by atoms with Gasteiger partial charge in [-0.05, 0) is 42.5 Å². The highest BCUT2D eigenvalue weighted by atomic mass is 35.5. The molecule has 170 valence electrons. The maximum Gasteiger partial charge on any atom is 0.227 e. The van der Waals surface area contributed by atoms with Gasteiger partial charge in [0.05, 0.1) is 22.2 Å². The Morgan fingerprint density at radius 2 is 1.78 bits per heavy atom. The normalized spacial score (nSPS) is 19.9. The van der Waals surface area contributed by atoms with E-state index in [9.17, 15) is 4.79 Å². The van der Waals surface area contributed by atoms with Crippen LogP contribution in [0.3, 0.4) is 0 Å². The van der Waals surface area contributed by atoms with Crippen LogP contribution in [0.15, 0.2) is 24.4 Å². The number of amides is 1. The highest BCUT2D eigenvalue weighted by Crippen LogP contribution is 2.27. The van der Waals surface area contributed by atoms with Crippen LogP contribution < -0.4 is 4.90 Å². The van der Waals surface area contributed by atoms with Crippen molar-refractivity contribution in [1.82, 2.24) is 19.8 Å². The second-order valence-electron chi connectivity index (χ2n) is 9.06. The standard InChI is InChI=1S/C24H29Cl2N5O/c25-20-5-4-17(14-21(20)26)15-23(32)30-8-6-18-16-27-24(28-22(18)7-9-30)31-12-10-29(11-13-31)19-2-1-3-19/h4-5,14,16,19H,1-3,6-13,15H2. The molecule has 1 amide bonds. The van der Waals surface area contributed by atoms with E-state index in [1.165, 1.54) is 19.3 Å². The number of hydrogen-bond acceptors (Lipinski definition) is 5. The van der Waals surface area contributed by atoms with E-state index in [0.717, 1.165) is 67.8 Å². The fraction of sp³-hybridized carbons (Fsp3) is 0.542. The Kier molecular flexibility index (Phi) is 6.54. The number of rotatable bonds is 4. The van der Waals surface area contributed by atoms with E-state index < -0.39 is 0 Å². The first-order chi connectivity index (χ1) is 15.6. The first-order valence-electron chi connectivity index (χ1n) is 11.6. The summed E-state index contributed by atoms with van der Waals surface area (Å²) in [6, 6.07) is 6.18. The van der Waals surface area contributed by atoms with E-state index in [2.05, 4.69) is 14.8 Å². The summed E-state index contributed by atoms with van der Waals surface area (Å²) in [5, 5.41) is 0.989. The second kappa shape index (κ2) is 9.54. The minimum absolute atomic E-state index is 0.108. The SMILES string of the molecule is O=C(Cc1ccc(Cl)c(Cl)c1)N1CCc2cnc(N3CCN(C4CCC4)CC3)nc2CC1. The molecule has 0 bridgehead atoms. The number of aromatic nitrogens is 2. The van der Waals surface area contributed by atoms with Gasteiger partial charge in [-0.25, -0.2) is 9.97 Å². The number of carbonyl (C=O) groups is 1. The van der Waals surface area contributed by atoms with Crippen LogP contribution in [0.2, 0.25) is 10.0 Å². The zero-order valence-corrected chi connectivity index (χ0v) is 19.8. The zero-order valence-electron chi connectivity index (χ0n) is 18.3. The fourth-order valence-corrected chi connectivity index (χ4v) is 5.16. The molecule has 0 spiro atoms. The van der Waals surface area contributed by atoms with Crippen LogP contribution in [0, 0.1) is 0 Å². The van der Waals surface area contributed by atoms with Gasteiger partial charge in [0, 0.05) is 57.9 Å². The van der Waals surface area contributed by atoms with E-state index in [1.54, 1.807) is 12.1 Å². The van der Waals surface area contributed by atoms with Crippen molar-refractivity contribution in [2.45, 2.75) is 44.6 Å². The van der Waals surface area contributed by atoms with Crippen molar-refractivity contribution in [3.05, 3.63) is 51.3 Å². The summed E-state index contributed by atoms with van der Waals surface area (Å²) in [6.45, 7) is 5.55. The Labute approximate surface area is 199 Å². The maximum atomic E-state index is 12.9. The van der Waals surface area contributed by atoms with Gasteiger partial charge in [0.1, 0.15) is 0 Å². The van der Waals surface area contributed by atoms with Crippen molar-refractivity contribution in [2.75, 3.05) is 44.2 Å². The van der Waals surface area contributed by atoms with Gasteiger partial charge in [0.15, 0.2) is 0 Å². The molecule has 2 fully saturated rings. The van der Waals surface area contributed by atoms with Gasteiger partial charge in [0.2, 0.25) is 11.9 Å². The molecule has 8 heteroatoms. The molecular weight excluding hydrogens is 445 g/mol. The van der Waals surface area contributed by atoms with Crippen LogP contribution in [0.25, 0.3) is 0 Å². The van der Waals surface area contributed by atoms with Gasteiger partial charge in [-0.15, -0.1) is 0 Å². The average molecular weight is 474 g/mol. The summed E-state index contributed by atoms with van der Waals surface area (Å²) in [4.78, 5) is 29.4. The minimum Gasteiger partial charge on any atom is -0.342 e. The van der Waals surface area contributed by atoms with Crippen LogP contribution in [0.1, 0.15) is 36.1 Å². The molecule has 1 saturated heterocycles. The number of benzene rings is 1. The van der Waals surface area contributed by atoms with Crippen LogP contribution in [-0.4, -0.2) is 71.0 Å². The van der Waals surface area contributed by atoms with Gasteiger partial charge in [-0.1, -0.05) is 35.7 Å². The first kappa shape index (κ1) is 21.9. The van der Waals surface area contributed by atoms with Crippen LogP contribution in [-0.2, 0) is 24.1 Å². The Bertz CT molecular complexity index is 988. The predicted molar refractivity (Wildman–Crippen MR) is 128 cm³/mol. The first-order valence-corrected chi connectivity index (χ1v) is 12.4. The van der Waals surface area contributed by atoms with Gasteiger partial charge >= 0.3 is 0 Å². The molecule has 1 aromatic heterocycles. The smallest absolute Gasteiger partial charge is 0.227 e. The molecule has 1 aromatic carbocycles. The zero-order chi connectivity index (χ0) is 22.1. The lowest BCUT2D eigenvalue weighted by molar-refractivity contribution is -0.130. The van der Waals surface area contributed by atoms with Crippen LogP contribution in [0.5, 0.6) is 0 Å². The molecule has 1 aliphatic carbocycles. The number of nitrogens with zero attached hydrogens (tertiary/aromatic N) is 5. The van der Waals surface area contributed by atoms with E-state index >= 15 is 0 Å². The summed E-state index contributed by atoms with van der Waals surface area (Å²) < 4.78 is 0. The number of fused-ring (bicyclic) bond motifs is 1. The Hall–Kier alpha value is -1.89. The number of piperazine rings is 1. The molecule has 3 aliphatic rings. The van der Waals surface area contributed by atoms with E-state index in [4.69, 9.17) is 28.2 Å². The Morgan fingerprint density at radius 3 is 2.50 bits per heavy atom. The van der Waals surface area contributed by atoms with E-state index in [0.29, 0.717) is 29.6 Å². The third-order valence-corrected chi connectivity index (χ3v) is 7.83. The average Bonchev–Trinajstić information content (AvgIpc) is 2.98. The third kappa shape index (κ3) is 4.73. The molecule has 0 N–H and O–H groups in total. The fourth-order valence-electron chi connectivity index (χ4n) is 4.84. The molecule has 1 saturated carbocycles. The Morgan fingerprint density at radius 1 is 1.00 bits per heavy atom. The molecule has 0 unspecified atom stereocenters. The minimum atomic E-state index is 0.108. The number of carbonyl (C=O) groups excluding carboxylic acids is 1. The molecule has 2 aromatic rings. The highest BCUT2D eigenvalue weighted by molar-refractivity contribution is 6.42. The van der Waals surface area contributed by atoms with Crippen molar-refractivity contribution in [3.8, 4) is 0 Å². The summed E-state index contributed by atoms with van der Waals surface area (Å²) in [6.07, 6.45) is 7.95. The Balaban J connectivity index is 1.19. The van der Waals surface area contributed by atoms with Crippen molar-refractivity contribution >= 4 is 35.1 Å². The molecule has 0 atom stereocenters. The number of hydrogen-bond donors (Lipinski definition) is 0. The summed E-state index contributed by atoms with van der Waals surface area (Å²) in [7, 11) is 0. The number of halogens is 2. The van der Waals surface area contributed by atoms with Gasteiger partial charge in [-0.3, -0.25) is 9.69 Å². The quantitative estimate of drug-likeness (QED) is 0.678. The molecule has 3 heterocycles. The van der Waals surface area contributed by atoms with Gasteiger partial charge in [0.25, 0.3) is 0 Å². The molecule has 2 aliphatic heterocycles. The molecule has 6 nitrogen and oxygen atoms in total. The van der Waals surface area contributed by atoms with E-state index in [1.807, 2.05) is 17.2 Å². The monoisotopic (exact) mass is 473 g/mol. The van der Waals surface area contributed by atoms with Crippen molar-refractivity contribution in [2.24, 2.45) is 0 Å². The lowest BCUT2D eigenvalue weighted by atomic mass is 9.91. The predicted octanol–water partition coefficient (Wildman–Crippen LogP) is 3.63. The summed E-state index contributed by atoms with van der Waals surface area (Å²) in [5.41, 5.74) is 3.13.